The lowest BCUT2D eigenvalue weighted by molar-refractivity contribution is 1.53. The molecule has 5 aromatic carbocycles. The summed E-state index contributed by atoms with van der Waals surface area (Å²) in [5.41, 5.74) is 16.3. The Bertz CT molecular complexity index is 1380. The number of hydrogen-bond donors (Lipinski definition) is 1. The quantitative estimate of drug-likeness (QED) is 0.224. The molecule has 0 aromatic heterocycles. The highest BCUT2D eigenvalue weighted by Gasteiger charge is 2.13. The third kappa shape index (κ3) is 4.49. The Morgan fingerprint density at radius 3 is 1.73 bits per heavy atom. The van der Waals surface area contributed by atoms with E-state index in [-0.39, 0.29) is 0 Å². The Morgan fingerprint density at radius 1 is 0.515 bits per heavy atom. The number of hydrogen-bond acceptors (Lipinski definition) is 1. The summed E-state index contributed by atoms with van der Waals surface area (Å²) < 4.78 is 0. The first-order valence-corrected chi connectivity index (χ1v) is 11.2. The first-order chi connectivity index (χ1) is 16.3. The van der Waals surface area contributed by atoms with E-state index in [1.165, 1.54) is 27.8 Å². The zero-order valence-corrected chi connectivity index (χ0v) is 18.4. The zero-order valence-electron chi connectivity index (χ0n) is 18.4. The molecule has 33 heavy (non-hydrogen) atoms. The van der Waals surface area contributed by atoms with Crippen molar-refractivity contribution >= 4 is 17.3 Å². The maximum absolute atomic E-state index is 6.20. The van der Waals surface area contributed by atoms with Gasteiger partial charge in [0.15, 0.2) is 0 Å². The summed E-state index contributed by atoms with van der Waals surface area (Å²) >= 11 is 0. The van der Waals surface area contributed by atoms with Crippen LogP contribution in [0.4, 0.5) is 5.69 Å². The van der Waals surface area contributed by atoms with Gasteiger partial charge < -0.3 is 5.73 Å². The van der Waals surface area contributed by atoms with Crippen LogP contribution < -0.4 is 5.73 Å². The molecular weight excluding hydrogens is 398 g/mol. The number of nitrogens with two attached hydrogens (primary N) is 1. The highest BCUT2D eigenvalue weighted by atomic mass is 14.5. The molecule has 0 atom stereocenters. The highest BCUT2D eigenvalue weighted by molar-refractivity contribution is 5.98. The molecule has 0 aliphatic heterocycles. The molecule has 0 amide bonds. The van der Waals surface area contributed by atoms with Crippen LogP contribution >= 0.6 is 0 Å². The Morgan fingerprint density at radius 2 is 1.06 bits per heavy atom. The van der Waals surface area contributed by atoms with Gasteiger partial charge in [-0.2, -0.15) is 0 Å². The normalized spacial score (nSPS) is 11.3. The highest BCUT2D eigenvalue weighted by Crippen LogP contribution is 2.36. The molecule has 5 aromatic rings. The van der Waals surface area contributed by atoms with Crippen molar-refractivity contribution in [1.82, 2.24) is 0 Å². The first kappa shape index (κ1) is 20.5. The van der Waals surface area contributed by atoms with Crippen LogP contribution in [0.15, 0.2) is 133 Å². The van der Waals surface area contributed by atoms with Gasteiger partial charge in [-0.15, -0.1) is 0 Å². The van der Waals surface area contributed by atoms with E-state index in [9.17, 15) is 0 Å². The number of rotatable bonds is 5. The second-order valence-electron chi connectivity index (χ2n) is 8.05. The van der Waals surface area contributed by atoms with Gasteiger partial charge >= 0.3 is 0 Å². The topological polar surface area (TPSA) is 26.0 Å². The summed E-state index contributed by atoms with van der Waals surface area (Å²) in [7, 11) is 0. The van der Waals surface area contributed by atoms with E-state index in [1.807, 2.05) is 12.1 Å². The van der Waals surface area contributed by atoms with Gasteiger partial charge in [-0.05, 0) is 62.7 Å². The largest absolute Gasteiger partial charge is 0.399 e. The second kappa shape index (κ2) is 9.42. The maximum atomic E-state index is 6.20. The summed E-state index contributed by atoms with van der Waals surface area (Å²) in [5, 5.41) is 0. The van der Waals surface area contributed by atoms with Crippen LogP contribution in [0.25, 0.3) is 33.9 Å². The lowest BCUT2D eigenvalue weighted by Crippen LogP contribution is -1.94. The van der Waals surface area contributed by atoms with Crippen LogP contribution in [0.1, 0.15) is 16.7 Å². The van der Waals surface area contributed by atoms with Crippen molar-refractivity contribution < 1.29 is 0 Å². The third-order valence-corrected chi connectivity index (χ3v) is 5.85. The van der Waals surface area contributed by atoms with Gasteiger partial charge in [0.25, 0.3) is 0 Å². The Balaban J connectivity index is 1.76. The van der Waals surface area contributed by atoms with Crippen molar-refractivity contribution in [2.24, 2.45) is 0 Å². The smallest absolute Gasteiger partial charge is 0.0320 e. The average Bonchev–Trinajstić information content (AvgIpc) is 2.89. The van der Waals surface area contributed by atoms with E-state index in [0.29, 0.717) is 0 Å². The predicted octanol–water partition coefficient (Wildman–Crippen LogP) is 8.19. The van der Waals surface area contributed by atoms with Crippen LogP contribution in [0.2, 0.25) is 0 Å². The molecule has 0 bridgehead atoms. The standard InChI is InChI=1S/C32H25N/c33-28-21-20-27(31(23-28)25-14-6-2-7-15-25)22-32(26-16-8-3-9-17-26)30-19-11-10-18-29(30)24-12-4-1-5-13-24/h1-23H,33H2. The first-order valence-electron chi connectivity index (χ1n) is 11.2. The fourth-order valence-electron chi connectivity index (χ4n) is 4.24. The van der Waals surface area contributed by atoms with E-state index < -0.39 is 0 Å². The van der Waals surface area contributed by atoms with Gasteiger partial charge in [0.1, 0.15) is 0 Å². The van der Waals surface area contributed by atoms with E-state index >= 15 is 0 Å². The summed E-state index contributed by atoms with van der Waals surface area (Å²) in [5.74, 6) is 0. The van der Waals surface area contributed by atoms with Gasteiger partial charge in [0.2, 0.25) is 0 Å². The van der Waals surface area contributed by atoms with Gasteiger partial charge in [0.05, 0.1) is 0 Å². The summed E-state index contributed by atoms with van der Waals surface area (Å²) in [6.45, 7) is 0. The van der Waals surface area contributed by atoms with Crippen molar-refractivity contribution in [3.05, 3.63) is 150 Å². The van der Waals surface area contributed by atoms with Crippen LogP contribution in [-0.4, -0.2) is 0 Å². The summed E-state index contributed by atoms with van der Waals surface area (Å²) in [6, 6.07) is 46.4. The molecule has 0 aliphatic carbocycles. The SMILES string of the molecule is Nc1ccc(C=C(c2ccccc2)c2ccccc2-c2ccccc2)c(-c2ccccc2)c1. The summed E-state index contributed by atoms with van der Waals surface area (Å²) in [4.78, 5) is 0. The van der Waals surface area contributed by atoms with Crippen molar-refractivity contribution in [2.45, 2.75) is 0 Å². The number of benzene rings is 5. The minimum atomic E-state index is 0.761. The van der Waals surface area contributed by atoms with Gasteiger partial charge in [-0.3, -0.25) is 0 Å². The fraction of sp³-hybridized carbons (Fsp3) is 0. The lowest BCUT2D eigenvalue weighted by Gasteiger charge is -2.16. The van der Waals surface area contributed by atoms with Gasteiger partial charge in [-0.1, -0.05) is 121 Å². The van der Waals surface area contributed by atoms with Crippen molar-refractivity contribution in [3.8, 4) is 22.3 Å². The van der Waals surface area contributed by atoms with Crippen molar-refractivity contribution in [2.75, 3.05) is 5.73 Å². The number of anilines is 1. The molecule has 1 heteroatoms. The molecule has 0 aliphatic rings. The zero-order chi connectivity index (χ0) is 22.5. The molecule has 1 nitrogen and oxygen atoms in total. The minimum absolute atomic E-state index is 0.761. The Labute approximate surface area is 195 Å². The molecule has 0 fully saturated rings. The fourth-order valence-corrected chi connectivity index (χ4v) is 4.24. The maximum Gasteiger partial charge on any atom is 0.0320 e. The molecule has 0 radical (unpaired) electrons. The van der Waals surface area contributed by atoms with E-state index in [0.717, 1.165) is 22.4 Å². The molecule has 158 valence electrons. The molecule has 5 rings (SSSR count). The second-order valence-corrected chi connectivity index (χ2v) is 8.05. The molecule has 0 saturated heterocycles. The Hall–Kier alpha value is -4.36. The van der Waals surface area contributed by atoms with E-state index in [4.69, 9.17) is 5.73 Å². The van der Waals surface area contributed by atoms with Crippen LogP contribution in [0.5, 0.6) is 0 Å². The minimum Gasteiger partial charge on any atom is -0.399 e. The van der Waals surface area contributed by atoms with Crippen molar-refractivity contribution in [1.29, 1.82) is 0 Å². The van der Waals surface area contributed by atoms with E-state index in [1.54, 1.807) is 0 Å². The Kier molecular flexibility index (Phi) is 5.86. The molecule has 2 N–H and O–H groups in total. The molecule has 0 heterocycles. The molecule has 0 saturated carbocycles. The van der Waals surface area contributed by atoms with Crippen molar-refractivity contribution in [3.63, 3.8) is 0 Å². The van der Waals surface area contributed by atoms with Crippen LogP contribution in [0, 0.1) is 0 Å². The lowest BCUT2D eigenvalue weighted by atomic mass is 9.88. The van der Waals surface area contributed by atoms with Crippen LogP contribution in [0.3, 0.4) is 0 Å². The third-order valence-electron chi connectivity index (χ3n) is 5.85. The van der Waals surface area contributed by atoms with Gasteiger partial charge in [-0.25, -0.2) is 0 Å². The predicted molar refractivity (Wildman–Crippen MR) is 142 cm³/mol. The monoisotopic (exact) mass is 423 g/mol. The molecule has 0 spiro atoms. The molecule has 0 unspecified atom stereocenters. The average molecular weight is 424 g/mol. The molecular formula is C32H25N. The van der Waals surface area contributed by atoms with E-state index in [2.05, 4.69) is 127 Å². The van der Waals surface area contributed by atoms with Crippen LogP contribution in [-0.2, 0) is 0 Å². The number of nitrogen functional groups attached to an aromatic ring is 1. The van der Waals surface area contributed by atoms with Gasteiger partial charge in [0, 0.05) is 5.69 Å². The summed E-state index contributed by atoms with van der Waals surface area (Å²) in [6.07, 6.45) is 2.29.